The number of rotatable bonds is 5. The molecule has 1 N–H and O–H groups in total. The molecule has 0 aliphatic rings. The molecule has 17 heavy (non-hydrogen) atoms. The molecule has 2 nitrogen and oxygen atoms in total. The van der Waals surface area contributed by atoms with E-state index < -0.39 is 0 Å². The van der Waals surface area contributed by atoms with Gasteiger partial charge in [-0.3, -0.25) is 0 Å². The quantitative estimate of drug-likeness (QED) is 0.858. The Labute approximate surface area is 101 Å². The molecule has 0 heterocycles. The first-order valence-electron chi connectivity index (χ1n) is 5.67. The van der Waals surface area contributed by atoms with E-state index in [-0.39, 0.29) is 23.8 Å². The minimum Gasteiger partial charge on any atom is -0.380 e. The molecule has 1 aromatic rings. The third kappa shape index (κ3) is 3.75. The van der Waals surface area contributed by atoms with Crippen LogP contribution in [-0.2, 0) is 4.74 Å². The van der Waals surface area contributed by atoms with Gasteiger partial charge < -0.3 is 10.1 Å². The van der Waals surface area contributed by atoms with Gasteiger partial charge in [0.05, 0.1) is 6.10 Å². The molecule has 0 aromatic heterocycles. The van der Waals surface area contributed by atoms with Gasteiger partial charge in [-0.1, -0.05) is 0 Å². The number of benzene rings is 1. The molecule has 1 aromatic carbocycles. The predicted octanol–water partition coefficient (Wildman–Crippen LogP) is 2.96. The molecule has 2 unspecified atom stereocenters. The van der Waals surface area contributed by atoms with Gasteiger partial charge in [0.15, 0.2) is 0 Å². The summed E-state index contributed by atoms with van der Waals surface area (Å²) in [6, 6.07) is 2.23. The first-order valence-corrected chi connectivity index (χ1v) is 5.67. The van der Waals surface area contributed by atoms with Crippen molar-refractivity contribution in [1.82, 2.24) is 5.32 Å². The summed E-state index contributed by atoms with van der Waals surface area (Å²) in [6.07, 6.45) is 0.0378. The van der Waals surface area contributed by atoms with E-state index in [1.165, 1.54) is 12.1 Å². The first kappa shape index (κ1) is 14.1. The van der Waals surface area contributed by atoms with Gasteiger partial charge in [0.2, 0.25) is 0 Å². The molecule has 0 fully saturated rings. The smallest absolute Gasteiger partial charge is 0.128 e. The molecule has 0 radical (unpaired) electrons. The molecule has 0 aliphatic heterocycles. The molecule has 0 saturated carbocycles. The van der Waals surface area contributed by atoms with Crippen LogP contribution < -0.4 is 5.32 Å². The Balaban J connectivity index is 2.75. The fourth-order valence-electron chi connectivity index (χ4n) is 1.53. The van der Waals surface area contributed by atoms with Crippen molar-refractivity contribution in [2.75, 3.05) is 13.7 Å². The highest BCUT2D eigenvalue weighted by Crippen LogP contribution is 2.20. The van der Waals surface area contributed by atoms with Crippen LogP contribution in [0.3, 0.4) is 0 Å². The highest BCUT2D eigenvalue weighted by molar-refractivity contribution is 5.27. The monoisotopic (exact) mass is 243 g/mol. The Bertz CT molecular complexity index is 382. The van der Waals surface area contributed by atoms with E-state index in [0.717, 1.165) is 0 Å². The molecule has 0 amide bonds. The summed E-state index contributed by atoms with van der Waals surface area (Å²) in [4.78, 5) is 0. The Hall–Kier alpha value is -1.00. The van der Waals surface area contributed by atoms with Crippen molar-refractivity contribution < 1.29 is 13.5 Å². The van der Waals surface area contributed by atoms with Gasteiger partial charge in [-0.25, -0.2) is 8.78 Å². The second-order valence-electron chi connectivity index (χ2n) is 4.30. The molecule has 2 atom stereocenters. The van der Waals surface area contributed by atoms with Crippen molar-refractivity contribution in [3.63, 3.8) is 0 Å². The SMILES string of the molecule is COC(C)CNC(C)c1cc(F)c(C)cc1F. The standard InChI is InChI=1S/C13H19F2NO/c1-8-5-13(15)11(6-12(8)14)10(3)16-7-9(2)17-4/h5-6,9-10,16H,7H2,1-4H3. The van der Waals surface area contributed by atoms with Gasteiger partial charge in [0.25, 0.3) is 0 Å². The average Bonchev–Trinajstić information content (AvgIpc) is 2.30. The average molecular weight is 243 g/mol. The summed E-state index contributed by atoms with van der Waals surface area (Å²) in [5.74, 6) is -0.760. The topological polar surface area (TPSA) is 21.3 Å². The lowest BCUT2D eigenvalue weighted by Gasteiger charge is -2.18. The molecule has 0 bridgehead atoms. The molecule has 1 rings (SSSR count). The van der Waals surface area contributed by atoms with Gasteiger partial charge in [0, 0.05) is 25.3 Å². The second kappa shape index (κ2) is 6.07. The maximum absolute atomic E-state index is 13.6. The zero-order valence-corrected chi connectivity index (χ0v) is 10.7. The number of aryl methyl sites for hydroxylation is 1. The van der Waals surface area contributed by atoms with Gasteiger partial charge in [-0.05, 0) is 38.5 Å². The van der Waals surface area contributed by atoms with Gasteiger partial charge in [-0.2, -0.15) is 0 Å². The van der Waals surface area contributed by atoms with E-state index >= 15 is 0 Å². The largest absolute Gasteiger partial charge is 0.380 e. The van der Waals surface area contributed by atoms with Crippen molar-refractivity contribution in [3.8, 4) is 0 Å². The van der Waals surface area contributed by atoms with Crippen LogP contribution in [0.5, 0.6) is 0 Å². The molecule has 0 aliphatic carbocycles. The number of ether oxygens (including phenoxy) is 1. The third-order valence-corrected chi connectivity index (χ3v) is 2.86. The summed E-state index contributed by atoms with van der Waals surface area (Å²) in [6.45, 7) is 5.85. The zero-order chi connectivity index (χ0) is 13.0. The van der Waals surface area contributed by atoms with Crippen LogP contribution in [0.25, 0.3) is 0 Å². The van der Waals surface area contributed by atoms with E-state index in [2.05, 4.69) is 5.32 Å². The van der Waals surface area contributed by atoms with Gasteiger partial charge in [0.1, 0.15) is 11.6 Å². The highest BCUT2D eigenvalue weighted by atomic mass is 19.1. The van der Waals surface area contributed by atoms with Crippen LogP contribution in [0.15, 0.2) is 12.1 Å². The van der Waals surface area contributed by atoms with Gasteiger partial charge in [-0.15, -0.1) is 0 Å². The highest BCUT2D eigenvalue weighted by Gasteiger charge is 2.14. The zero-order valence-electron chi connectivity index (χ0n) is 10.7. The minimum absolute atomic E-state index is 0.0378. The van der Waals surface area contributed by atoms with Crippen molar-refractivity contribution in [2.45, 2.75) is 32.9 Å². The Morgan fingerprint density at radius 1 is 1.24 bits per heavy atom. The van der Waals surface area contributed by atoms with E-state index in [0.29, 0.717) is 17.7 Å². The lowest BCUT2D eigenvalue weighted by atomic mass is 10.0. The lowest BCUT2D eigenvalue weighted by Crippen LogP contribution is -2.29. The molecule has 0 spiro atoms. The first-order chi connectivity index (χ1) is 7.95. The molecule has 96 valence electrons. The van der Waals surface area contributed by atoms with Crippen molar-refractivity contribution in [2.24, 2.45) is 0 Å². The fourth-order valence-corrected chi connectivity index (χ4v) is 1.53. The van der Waals surface area contributed by atoms with E-state index in [1.54, 1.807) is 21.0 Å². The molecular formula is C13H19F2NO. The maximum atomic E-state index is 13.6. The lowest BCUT2D eigenvalue weighted by molar-refractivity contribution is 0.114. The summed E-state index contributed by atoms with van der Waals surface area (Å²) in [5.41, 5.74) is 0.667. The van der Waals surface area contributed by atoms with Crippen molar-refractivity contribution in [3.05, 3.63) is 34.9 Å². The second-order valence-corrected chi connectivity index (χ2v) is 4.30. The predicted molar refractivity (Wildman–Crippen MR) is 64.0 cm³/mol. The van der Waals surface area contributed by atoms with E-state index in [4.69, 9.17) is 4.74 Å². The number of hydrogen-bond donors (Lipinski definition) is 1. The minimum atomic E-state index is -0.381. The summed E-state index contributed by atoms with van der Waals surface area (Å²) < 4.78 is 32.1. The Morgan fingerprint density at radius 3 is 2.47 bits per heavy atom. The van der Waals surface area contributed by atoms with Crippen LogP contribution in [0.2, 0.25) is 0 Å². The number of hydrogen-bond acceptors (Lipinski definition) is 2. The summed E-state index contributed by atoms with van der Waals surface area (Å²) >= 11 is 0. The van der Waals surface area contributed by atoms with Crippen LogP contribution in [-0.4, -0.2) is 19.8 Å². The van der Waals surface area contributed by atoms with E-state index in [9.17, 15) is 8.78 Å². The molecule has 0 saturated heterocycles. The summed E-state index contributed by atoms with van der Waals surface area (Å²) in [5, 5.41) is 3.11. The molecular weight excluding hydrogens is 224 g/mol. The fraction of sp³-hybridized carbons (Fsp3) is 0.538. The number of nitrogens with one attached hydrogen (secondary N) is 1. The van der Waals surface area contributed by atoms with Gasteiger partial charge >= 0.3 is 0 Å². The molecule has 4 heteroatoms. The Morgan fingerprint density at radius 2 is 1.88 bits per heavy atom. The van der Waals surface area contributed by atoms with Crippen LogP contribution in [0, 0.1) is 18.6 Å². The van der Waals surface area contributed by atoms with Crippen LogP contribution >= 0.6 is 0 Å². The van der Waals surface area contributed by atoms with Crippen molar-refractivity contribution in [1.29, 1.82) is 0 Å². The van der Waals surface area contributed by atoms with Crippen LogP contribution in [0.1, 0.15) is 31.0 Å². The van der Waals surface area contributed by atoms with E-state index in [1.807, 2.05) is 6.92 Å². The number of methoxy groups -OCH3 is 1. The third-order valence-electron chi connectivity index (χ3n) is 2.86. The van der Waals surface area contributed by atoms with Crippen molar-refractivity contribution >= 4 is 0 Å². The van der Waals surface area contributed by atoms with Crippen LogP contribution in [0.4, 0.5) is 8.78 Å². The summed E-state index contributed by atoms with van der Waals surface area (Å²) in [7, 11) is 1.61. The normalized spacial score (nSPS) is 14.7. The Kier molecular flexibility index (Phi) is 5.02. The maximum Gasteiger partial charge on any atom is 0.128 e. The number of halogens is 2.